The van der Waals surface area contributed by atoms with Gasteiger partial charge in [0.2, 0.25) is 5.72 Å². The number of benzene rings is 2. The Kier molecular flexibility index (Phi) is 4.91. The van der Waals surface area contributed by atoms with Gasteiger partial charge in [0, 0.05) is 24.2 Å². The van der Waals surface area contributed by atoms with Crippen molar-refractivity contribution < 1.29 is 19.1 Å². The molecule has 2 atom stereocenters. The molecular formula is C26H25FN4O3. The van der Waals surface area contributed by atoms with Crippen molar-refractivity contribution in [1.29, 1.82) is 0 Å². The highest BCUT2D eigenvalue weighted by Gasteiger charge is 2.58. The minimum absolute atomic E-state index is 0.113. The number of imidazole rings is 1. The number of amidine groups is 1. The molecule has 6 rings (SSSR count). The second kappa shape index (κ2) is 7.99. The molecule has 0 amide bonds. The molecule has 3 aliphatic rings. The number of nitrogens with zero attached hydrogens (tertiary/aromatic N) is 4. The first-order valence-electron chi connectivity index (χ1n) is 11.5. The first-order valence-corrected chi connectivity index (χ1v) is 11.5. The molecule has 3 heterocycles. The van der Waals surface area contributed by atoms with Crippen molar-refractivity contribution in [3.8, 4) is 11.4 Å². The Morgan fingerprint density at radius 2 is 2.18 bits per heavy atom. The maximum Gasteiger partial charge on any atom is 0.240 e. The van der Waals surface area contributed by atoms with Crippen molar-refractivity contribution in [3.05, 3.63) is 83.2 Å². The van der Waals surface area contributed by atoms with E-state index >= 15 is 0 Å². The molecule has 0 radical (unpaired) electrons. The van der Waals surface area contributed by atoms with Gasteiger partial charge in [-0.1, -0.05) is 17.3 Å². The Morgan fingerprint density at radius 1 is 1.26 bits per heavy atom. The number of halogens is 1. The molecule has 34 heavy (non-hydrogen) atoms. The minimum Gasteiger partial charge on any atom is -0.495 e. The van der Waals surface area contributed by atoms with E-state index in [1.54, 1.807) is 25.7 Å². The molecule has 8 heteroatoms. The smallest absolute Gasteiger partial charge is 0.240 e. The number of aromatic nitrogens is 2. The molecule has 1 aliphatic carbocycles. The van der Waals surface area contributed by atoms with E-state index in [0.717, 1.165) is 54.0 Å². The van der Waals surface area contributed by atoms with Crippen LogP contribution in [0.15, 0.2) is 60.2 Å². The van der Waals surface area contributed by atoms with E-state index in [-0.39, 0.29) is 18.3 Å². The van der Waals surface area contributed by atoms with E-state index in [9.17, 15) is 9.50 Å². The number of rotatable bonds is 5. The highest BCUT2D eigenvalue weighted by atomic mass is 19.1. The summed E-state index contributed by atoms with van der Waals surface area (Å²) >= 11 is 0. The zero-order valence-corrected chi connectivity index (χ0v) is 18.8. The molecule has 1 spiro atoms. The van der Waals surface area contributed by atoms with Gasteiger partial charge < -0.3 is 24.1 Å². The maximum atomic E-state index is 13.9. The van der Waals surface area contributed by atoms with Crippen LogP contribution in [-0.4, -0.2) is 39.0 Å². The lowest BCUT2D eigenvalue weighted by Crippen LogP contribution is -2.52. The minimum atomic E-state index is -0.631. The van der Waals surface area contributed by atoms with Gasteiger partial charge in [-0.2, -0.15) is 0 Å². The summed E-state index contributed by atoms with van der Waals surface area (Å²) in [5.74, 6) is 1.51. The highest BCUT2D eigenvalue weighted by Crippen LogP contribution is 2.53. The van der Waals surface area contributed by atoms with Crippen LogP contribution in [-0.2, 0) is 23.6 Å². The van der Waals surface area contributed by atoms with Gasteiger partial charge in [0.15, 0.2) is 5.84 Å². The molecule has 7 nitrogen and oxygen atoms in total. The molecule has 0 saturated carbocycles. The van der Waals surface area contributed by atoms with Gasteiger partial charge >= 0.3 is 0 Å². The number of fused-ring (bicyclic) bond motifs is 1. The molecule has 2 aromatic carbocycles. The third-order valence-corrected chi connectivity index (χ3v) is 7.07. The Labute approximate surface area is 196 Å². The third-order valence-electron chi connectivity index (χ3n) is 7.07. The highest BCUT2D eigenvalue weighted by molar-refractivity contribution is 5.97. The summed E-state index contributed by atoms with van der Waals surface area (Å²) in [5, 5.41) is 13.8. The molecule has 0 unspecified atom stereocenters. The summed E-state index contributed by atoms with van der Waals surface area (Å²) in [5.41, 5.74) is 3.79. The van der Waals surface area contributed by atoms with Crippen molar-refractivity contribution in [1.82, 2.24) is 14.5 Å². The topological polar surface area (TPSA) is 72.1 Å². The van der Waals surface area contributed by atoms with Gasteiger partial charge in [-0.15, -0.1) is 0 Å². The molecule has 1 fully saturated rings. The van der Waals surface area contributed by atoms with Crippen molar-refractivity contribution in [2.45, 2.75) is 31.6 Å². The summed E-state index contributed by atoms with van der Waals surface area (Å²) in [4.78, 5) is 12.6. The number of hydrogen-bond acceptors (Lipinski definition) is 6. The predicted octanol–water partition coefficient (Wildman–Crippen LogP) is 3.99. The lowest BCUT2D eigenvalue weighted by Gasteiger charge is -2.42. The van der Waals surface area contributed by atoms with Gasteiger partial charge in [0.1, 0.15) is 11.6 Å². The zero-order valence-electron chi connectivity index (χ0n) is 18.8. The third kappa shape index (κ3) is 3.13. The summed E-state index contributed by atoms with van der Waals surface area (Å²) in [7, 11) is 1.63. The van der Waals surface area contributed by atoms with Crippen molar-refractivity contribution >= 4 is 11.9 Å². The van der Waals surface area contributed by atoms with Crippen molar-refractivity contribution in [2.75, 3.05) is 13.7 Å². The molecule has 174 valence electrons. The Bertz CT molecular complexity index is 1320. The second-order valence-electron chi connectivity index (χ2n) is 8.93. The lowest BCUT2D eigenvalue weighted by molar-refractivity contribution is -0.155. The fourth-order valence-corrected chi connectivity index (χ4v) is 5.53. The van der Waals surface area contributed by atoms with Crippen LogP contribution in [0.3, 0.4) is 0 Å². The molecular weight excluding hydrogens is 435 g/mol. The monoisotopic (exact) mass is 460 g/mol. The summed E-state index contributed by atoms with van der Waals surface area (Å²) in [6, 6.07) is 10.9. The average molecular weight is 461 g/mol. The van der Waals surface area contributed by atoms with Gasteiger partial charge in [0.25, 0.3) is 0 Å². The molecule has 2 aliphatic heterocycles. The Morgan fingerprint density at radius 3 is 3.00 bits per heavy atom. The van der Waals surface area contributed by atoms with Crippen LogP contribution >= 0.6 is 0 Å². The molecule has 3 aromatic rings. The standard InChI is InChI=1S/C26H25FN4O3/c1-33-24-11-17(4-8-23(24)30-14-21(15-32)28-16-30)5-9-25-29-34-26-19(3-2-10-31(25)26)12-18-13-20(27)6-7-22(18)26/h4-9,11,13-14,16,19,32H,2-3,10,12,15H2,1H3/b9-5+/t19-,26+/m0/s1. The first kappa shape index (κ1) is 20.9. The maximum absolute atomic E-state index is 13.9. The number of hydrogen-bond donors (Lipinski definition) is 1. The summed E-state index contributed by atoms with van der Waals surface area (Å²) < 4.78 is 21.3. The van der Waals surface area contributed by atoms with Gasteiger partial charge in [-0.05, 0) is 66.8 Å². The van der Waals surface area contributed by atoms with Crippen LogP contribution < -0.4 is 4.74 Å². The molecule has 1 N–H and O–H groups in total. The van der Waals surface area contributed by atoms with Crippen LogP contribution in [0.1, 0.15) is 35.2 Å². The van der Waals surface area contributed by atoms with Crippen LogP contribution in [0, 0.1) is 11.7 Å². The van der Waals surface area contributed by atoms with E-state index < -0.39 is 5.72 Å². The first-order chi connectivity index (χ1) is 16.6. The van der Waals surface area contributed by atoms with Crippen molar-refractivity contribution in [3.63, 3.8) is 0 Å². The Hall–Kier alpha value is -3.65. The molecule has 1 saturated heterocycles. The van der Waals surface area contributed by atoms with Gasteiger partial charge in [-0.3, -0.25) is 0 Å². The van der Waals surface area contributed by atoms with Crippen LogP contribution in [0.5, 0.6) is 5.75 Å². The zero-order chi connectivity index (χ0) is 23.3. The van der Waals surface area contributed by atoms with Crippen LogP contribution in [0.25, 0.3) is 11.8 Å². The SMILES string of the molecule is COc1cc(/C=C/C2=NO[C@@]34c5ccc(F)cc5C[C@@H]3CCCN24)ccc1-n1cnc(CO)c1. The molecule has 1 aromatic heterocycles. The number of ether oxygens (including phenoxy) is 1. The van der Waals surface area contributed by atoms with E-state index in [4.69, 9.17) is 9.57 Å². The van der Waals surface area contributed by atoms with E-state index in [0.29, 0.717) is 11.4 Å². The van der Waals surface area contributed by atoms with E-state index in [1.807, 2.05) is 41.0 Å². The lowest BCUT2D eigenvalue weighted by atomic mass is 9.86. The number of oxime groups is 1. The number of piperidine rings is 1. The quantitative estimate of drug-likeness (QED) is 0.624. The average Bonchev–Trinajstić information content (AvgIpc) is 3.56. The summed E-state index contributed by atoms with van der Waals surface area (Å²) in [6.07, 6.45) is 10.3. The predicted molar refractivity (Wildman–Crippen MR) is 125 cm³/mol. The number of methoxy groups -OCH3 is 1. The molecule has 0 bridgehead atoms. The van der Waals surface area contributed by atoms with Crippen LogP contribution in [0.2, 0.25) is 0 Å². The Balaban J connectivity index is 1.28. The van der Waals surface area contributed by atoms with Crippen LogP contribution in [0.4, 0.5) is 4.39 Å². The summed E-state index contributed by atoms with van der Waals surface area (Å²) in [6.45, 7) is 0.727. The van der Waals surface area contributed by atoms with Gasteiger partial charge in [0.05, 0.1) is 31.4 Å². The largest absolute Gasteiger partial charge is 0.495 e. The van der Waals surface area contributed by atoms with Gasteiger partial charge in [-0.25, -0.2) is 9.37 Å². The normalized spacial score (nSPS) is 22.9. The van der Waals surface area contributed by atoms with E-state index in [2.05, 4.69) is 15.0 Å². The number of aliphatic hydroxyl groups excluding tert-OH is 1. The fraction of sp³-hybridized carbons (Fsp3) is 0.308. The van der Waals surface area contributed by atoms with E-state index in [1.165, 1.54) is 6.07 Å². The fourth-order valence-electron chi connectivity index (χ4n) is 5.53. The number of aliphatic hydroxyl groups is 1. The second-order valence-corrected chi connectivity index (χ2v) is 8.93. The van der Waals surface area contributed by atoms with Crippen molar-refractivity contribution in [2.24, 2.45) is 11.1 Å².